The predicted molar refractivity (Wildman–Crippen MR) is 152 cm³/mol. The van der Waals surface area contributed by atoms with E-state index in [2.05, 4.69) is 5.32 Å². The van der Waals surface area contributed by atoms with E-state index in [4.69, 9.17) is 40.5 Å². The van der Waals surface area contributed by atoms with Crippen molar-refractivity contribution in [3.8, 4) is 0 Å². The number of carboxylic acid groups (broad SMARTS) is 1. The molecule has 0 bridgehead atoms. The smallest absolute Gasteiger partial charge is 0.352 e. The van der Waals surface area contributed by atoms with Crippen molar-refractivity contribution < 1.29 is 24.3 Å². The predicted octanol–water partition coefficient (Wildman–Crippen LogP) is 3.41. The van der Waals surface area contributed by atoms with Crippen molar-refractivity contribution >= 4 is 93.8 Å². The van der Waals surface area contributed by atoms with E-state index in [-0.39, 0.29) is 23.9 Å². The molecule has 0 saturated carbocycles. The summed E-state index contributed by atoms with van der Waals surface area (Å²) in [4.78, 5) is 53.1. The van der Waals surface area contributed by atoms with Crippen molar-refractivity contribution in [1.29, 1.82) is 0 Å². The molecule has 4 N–H and O–H groups in total. The van der Waals surface area contributed by atoms with E-state index < -0.39 is 29.2 Å². The minimum absolute atomic E-state index is 0.0120. The lowest BCUT2D eigenvalue weighted by Gasteiger charge is -2.49. The number of aliphatic carboxylic acids is 1. The molecule has 0 unspecified atom stereocenters. The molecule has 202 valence electrons. The number of hydrogen-bond donors (Lipinski definition) is 3. The fourth-order valence-electron chi connectivity index (χ4n) is 3.88. The third kappa shape index (κ3) is 6.60. The van der Waals surface area contributed by atoms with E-state index in [1.165, 1.54) is 34.5 Å². The Hall–Kier alpha value is -1.96. The maximum atomic E-state index is 12.9. The Bertz CT molecular complexity index is 1290. The molecule has 4 rings (SSSR count). The molecule has 0 aliphatic carbocycles. The number of hydrogen-bond acceptors (Lipinski definition) is 8. The number of thioether (sulfide) groups is 3. The number of β-lactam (4-membered cyclic amide) rings is 1. The zero-order chi connectivity index (χ0) is 27.6. The largest absolute Gasteiger partial charge is 0.477 e. The molecule has 3 aliphatic heterocycles. The van der Waals surface area contributed by atoms with Gasteiger partial charge in [0.25, 0.3) is 5.91 Å². The Balaban J connectivity index is 1.34. The first-order valence-electron chi connectivity index (χ1n) is 11.1. The van der Waals surface area contributed by atoms with Crippen LogP contribution in [0.4, 0.5) is 0 Å². The summed E-state index contributed by atoms with van der Waals surface area (Å²) in [5.41, 5.74) is 5.80. The summed E-state index contributed by atoms with van der Waals surface area (Å²) in [6.07, 6.45) is 5.53. The molecule has 1 fully saturated rings. The van der Waals surface area contributed by atoms with Crippen molar-refractivity contribution in [3.05, 3.63) is 61.7 Å². The van der Waals surface area contributed by atoms with Crippen LogP contribution in [0, 0.1) is 0 Å². The molecule has 9 nitrogen and oxygen atoms in total. The maximum Gasteiger partial charge on any atom is 0.352 e. The minimum atomic E-state index is -1.19. The van der Waals surface area contributed by atoms with Crippen LogP contribution in [0.1, 0.15) is 0 Å². The van der Waals surface area contributed by atoms with Gasteiger partial charge in [0, 0.05) is 34.1 Å². The molecular weight excluding hydrogens is 615 g/mol. The number of primary amides is 1. The Morgan fingerprint density at radius 1 is 1.16 bits per heavy atom. The first kappa shape index (κ1) is 29.0. The highest BCUT2D eigenvalue weighted by Gasteiger charge is 2.54. The molecule has 3 aliphatic rings. The second-order valence-electron chi connectivity index (χ2n) is 8.30. The summed E-state index contributed by atoms with van der Waals surface area (Å²) >= 11 is 22.1. The summed E-state index contributed by atoms with van der Waals surface area (Å²) in [6.45, 7) is 0.638. The third-order valence-electron chi connectivity index (χ3n) is 5.65. The molecule has 1 saturated heterocycles. The molecule has 2 atom stereocenters. The maximum absolute atomic E-state index is 12.9. The van der Waals surface area contributed by atoms with Gasteiger partial charge in [0.05, 0.1) is 27.4 Å². The van der Waals surface area contributed by atoms with Crippen LogP contribution in [0.2, 0.25) is 15.1 Å². The molecule has 38 heavy (non-hydrogen) atoms. The molecular formula is C23H21Cl3N4O5S3. The van der Waals surface area contributed by atoms with Crippen molar-refractivity contribution in [2.45, 2.75) is 16.3 Å². The number of carbonyl (C=O) groups is 4. The van der Waals surface area contributed by atoms with E-state index in [1.54, 1.807) is 17.2 Å². The Kier molecular flexibility index (Phi) is 9.53. The highest BCUT2D eigenvalue weighted by molar-refractivity contribution is 8.03. The minimum Gasteiger partial charge on any atom is -0.477 e. The number of amides is 3. The van der Waals surface area contributed by atoms with Gasteiger partial charge in [-0.05, 0) is 23.8 Å². The van der Waals surface area contributed by atoms with Crippen molar-refractivity contribution in [1.82, 2.24) is 15.1 Å². The molecule has 3 amide bonds. The van der Waals surface area contributed by atoms with E-state index >= 15 is 0 Å². The molecule has 1 aromatic rings. The van der Waals surface area contributed by atoms with Gasteiger partial charge in [0.15, 0.2) is 0 Å². The van der Waals surface area contributed by atoms with Crippen molar-refractivity contribution in [2.75, 3.05) is 30.3 Å². The van der Waals surface area contributed by atoms with Crippen LogP contribution >= 0.6 is 70.1 Å². The normalized spacial score (nSPS) is 20.6. The van der Waals surface area contributed by atoms with Crippen LogP contribution in [0.3, 0.4) is 0 Å². The topological polar surface area (TPSA) is 133 Å². The quantitative estimate of drug-likeness (QED) is 0.201. The molecule has 0 spiro atoms. The Morgan fingerprint density at radius 2 is 1.89 bits per heavy atom. The molecule has 15 heteroatoms. The zero-order valence-electron chi connectivity index (χ0n) is 19.5. The number of halogens is 3. The van der Waals surface area contributed by atoms with Gasteiger partial charge in [-0.15, -0.1) is 35.3 Å². The van der Waals surface area contributed by atoms with Crippen molar-refractivity contribution in [2.24, 2.45) is 5.73 Å². The lowest BCUT2D eigenvalue weighted by Crippen LogP contribution is -2.70. The Labute approximate surface area is 246 Å². The molecule has 0 radical (unpaired) electrons. The van der Waals surface area contributed by atoms with Gasteiger partial charge >= 0.3 is 5.97 Å². The standard InChI is InChI=1S/C23H21Cl3N4O5S3/c24-13-5-15(26)16(6-14(13)25)37-10-18(32)28-19-21(33)30-20(23(34)35)11(9-38-22(19)30)8-36-12-1-3-29(4-2-12)7-17(27)31/h1-3,5-6,19,22H,4,7-10H2,(H2,27,31)(H,28,32)(H,34,35)/t19-,22+/m0/s1. The number of nitrogens with two attached hydrogens (primary N) is 1. The van der Waals surface area contributed by atoms with Gasteiger partial charge in [-0.1, -0.05) is 40.9 Å². The van der Waals surface area contributed by atoms with Crippen LogP contribution in [0.15, 0.2) is 51.6 Å². The van der Waals surface area contributed by atoms with Gasteiger partial charge in [-0.25, -0.2) is 4.79 Å². The lowest BCUT2D eigenvalue weighted by atomic mass is 10.0. The fourth-order valence-corrected chi connectivity index (χ4v) is 7.83. The number of rotatable bonds is 10. The average molecular weight is 636 g/mol. The molecule has 3 heterocycles. The van der Waals surface area contributed by atoms with Gasteiger partial charge in [0.1, 0.15) is 17.1 Å². The summed E-state index contributed by atoms with van der Waals surface area (Å²) in [5.74, 6) is -1.68. The molecule has 1 aromatic carbocycles. The van der Waals surface area contributed by atoms with Gasteiger partial charge in [0.2, 0.25) is 11.8 Å². The number of carbonyl (C=O) groups excluding carboxylic acids is 3. The first-order valence-corrected chi connectivity index (χ1v) is 15.2. The lowest BCUT2D eigenvalue weighted by molar-refractivity contribution is -0.150. The SMILES string of the molecule is NC(=O)CN1C=CC(SCC2=C(C(=O)O)N3C(=O)[C@H](NC(=O)CSc4cc(Cl)c(Cl)cc4Cl)[C@H]3SC2)=CC1. The van der Waals surface area contributed by atoms with E-state index in [0.29, 0.717) is 43.6 Å². The highest BCUT2D eigenvalue weighted by Crippen LogP contribution is 2.42. The monoisotopic (exact) mass is 634 g/mol. The van der Waals surface area contributed by atoms with Gasteiger partial charge < -0.3 is 21.1 Å². The second-order valence-corrected chi connectivity index (χ2v) is 12.7. The average Bonchev–Trinajstić information content (AvgIpc) is 2.87. The summed E-state index contributed by atoms with van der Waals surface area (Å²) < 4.78 is 0. The Morgan fingerprint density at radius 3 is 2.55 bits per heavy atom. The second kappa shape index (κ2) is 12.5. The summed E-state index contributed by atoms with van der Waals surface area (Å²) in [5, 5.41) is 13.1. The number of allylic oxidation sites excluding steroid dienone is 1. The zero-order valence-corrected chi connectivity index (χ0v) is 24.2. The highest BCUT2D eigenvalue weighted by atomic mass is 35.5. The van der Waals surface area contributed by atoms with Crippen LogP contribution in [-0.2, 0) is 19.2 Å². The van der Waals surface area contributed by atoms with Crippen molar-refractivity contribution in [3.63, 3.8) is 0 Å². The first-order chi connectivity index (χ1) is 18.0. The number of fused-ring (bicyclic) bond motifs is 1. The summed E-state index contributed by atoms with van der Waals surface area (Å²) in [7, 11) is 0. The number of nitrogens with zero attached hydrogens (tertiary/aromatic N) is 2. The van der Waals surface area contributed by atoms with E-state index in [9.17, 15) is 24.3 Å². The fraction of sp³-hybridized carbons (Fsp3) is 0.304. The van der Waals surface area contributed by atoms with Crippen LogP contribution in [-0.4, -0.2) is 80.4 Å². The number of benzene rings is 1. The van der Waals surface area contributed by atoms with Crippen LogP contribution in [0.25, 0.3) is 0 Å². The third-order valence-corrected chi connectivity index (χ3v) is 10.3. The number of nitrogens with one attached hydrogen (secondary N) is 1. The summed E-state index contributed by atoms with van der Waals surface area (Å²) in [6, 6.07) is 2.24. The van der Waals surface area contributed by atoms with E-state index in [1.807, 2.05) is 12.2 Å². The van der Waals surface area contributed by atoms with E-state index in [0.717, 1.165) is 16.7 Å². The van der Waals surface area contributed by atoms with Crippen LogP contribution in [0.5, 0.6) is 0 Å². The van der Waals surface area contributed by atoms with Gasteiger partial charge in [-0.2, -0.15) is 0 Å². The van der Waals surface area contributed by atoms with Gasteiger partial charge in [-0.3, -0.25) is 19.3 Å². The number of carboxylic acids is 1. The molecule has 0 aromatic heterocycles. The van der Waals surface area contributed by atoms with Crippen LogP contribution < -0.4 is 11.1 Å².